The van der Waals surface area contributed by atoms with Gasteiger partial charge in [0.2, 0.25) is 5.71 Å². The van der Waals surface area contributed by atoms with Gasteiger partial charge in [0.15, 0.2) is 5.82 Å². The molecule has 1 fully saturated rings. The molecule has 0 atom stereocenters. The van der Waals surface area contributed by atoms with Crippen molar-refractivity contribution >= 4 is 28.8 Å². The van der Waals surface area contributed by atoms with Crippen molar-refractivity contribution < 1.29 is 31.9 Å². The number of aromatic nitrogens is 2. The van der Waals surface area contributed by atoms with E-state index in [0.29, 0.717) is 49.7 Å². The molecular formula is C20H20F3N5O4. The molecule has 3 aromatic rings. The monoisotopic (exact) mass is 451 g/mol. The second kappa shape index (κ2) is 8.81. The summed E-state index contributed by atoms with van der Waals surface area (Å²) in [6.45, 7) is 3.72. The smallest absolute Gasteiger partial charge is 0.475 e. The Morgan fingerprint density at radius 3 is 2.69 bits per heavy atom. The quantitative estimate of drug-likeness (QED) is 0.629. The van der Waals surface area contributed by atoms with Crippen molar-refractivity contribution in [3.63, 3.8) is 0 Å². The van der Waals surface area contributed by atoms with Gasteiger partial charge in [-0.3, -0.25) is 5.32 Å². The Kier molecular flexibility index (Phi) is 5.93. The highest BCUT2D eigenvalue weighted by atomic mass is 19.4. The summed E-state index contributed by atoms with van der Waals surface area (Å²) in [5, 5.41) is 2.72. The Labute approximate surface area is 180 Å². The fourth-order valence-electron chi connectivity index (χ4n) is 3.32. The Morgan fingerprint density at radius 2 is 1.97 bits per heavy atom. The molecule has 0 aliphatic carbocycles. The van der Waals surface area contributed by atoms with Gasteiger partial charge >= 0.3 is 12.4 Å². The Balaban J connectivity index is 1.40. The third kappa shape index (κ3) is 4.95. The maximum absolute atomic E-state index is 12.8. The van der Waals surface area contributed by atoms with Crippen molar-refractivity contribution in [1.82, 2.24) is 14.9 Å². The number of furan rings is 1. The second-order valence-electron chi connectivity index (χ2n) is 6.87. The Bertz CT molecular complexity index is 1100. The maximum Gasteiger partial charge on any atom is 0.573 e. The first-order valence-corrected chi connectivity index (χ1v) is 9.87. The van der Waals surface area contributed by atoms with Crippen LogP contribution in [0.5, 0.6) is 11.6 Å². The molecule has 3 heterocycles. The van der Waals surface area contributed by atoms with Gasteiger partial charge in [-0.05, 0) is 19.1 Å². The van der Waals surface area contributed by atoms with E-state index in [1.54, 1.807) is 24.0 Å². The molecule has 0 spiro atoms. The van der Waals surface area contributed by atoms with E-state index in [-0.39, 0.29) is 23.5 Å². The van der Waals surface area contributed by atoms with Gasteiger partial charge in [-0.15, -0.1) is 13.2 Å². The topological polar surface area (TPSA) is 93.0 Å². The van der Waals surface area contributed by atoms with Crippen molar-refractivity contribution in [1.29, 1.82) is 0 Å². The van der Waals surface area contributed by atoms with Gasteiger partial charge < -0.3 is 23.7 Å². The van der Waals surface area contributed by atoms with E-state index < -0.39 is 6.36 Å². The van der Waals surface area contributed by atoms with E-state index in [0.717, 1.165) is 0 Å². The van der Waals surface area contributed by atoms with Gasteiger partial charge in [0.1, 0.15) is 11.3 Å². The Morgan fingerprint density at radius 1 is 1.19 bits per heavy atom. The molecule has 0 bridgehead atoms. The normalized spacial score (nSPS) is 14.5. The number of nitrogens with zero attached hydrogens (tertiary/aromatic N) is 4. The number of amides is 2. The molecular weight excluding hydrogens is 431 g/mol. The molecule has 1 aliphatic rings. The number of hydrogen-bond donors (Lipinski definition) is 1. The predicted octanol–water partition coefficient (Wildman–Crippen LogP) is 3.87. The zero-order valence-corrected chi connectivity index (χ0v) is 17.1. The third-order valence-corrected chi connectivity index (χ3v) is 4.75. The number of fused-ring (bicyclic) bond motifs is 1. The van der Waals surface area contributed by atoms with E-state index in [9.17, 15) is 18.0 Å². The SMILES string of the molecule is CCOc1nc2occc2nc1NC(=O)N1CCN(c2cccc(OC(F)(F)F)c2)CC1. The van der Waals surface area contributed by atoms with Crippen LogP contribution in [0.2, 0.25) is 0 Å². The first kappa shape index (κ1) is 21.5. The van der Waals surface area contributed by atoms with Crippen molar-refractivity contribution in [3.8, 4) is 11.6 Å². The zero-order chi connectivity index (χ0) is 22.7. The van der Waals surface area contributed by atoms with Crippen LogP contribution in [-0.4, -0.2) is 60.0 Å². The number of hydrogen-bond acceptors (Lipinski definition) is 7. The van der Waals surface area contributed by atoms with Gasteiger partial charge in [0.25, 0.3) is 5.88 Å². The molecule has 12 heteroatoms. The lowest BCUT2D eigenvalue weighted by molar-refractivity contribution is -0.274. The third-order valence-electron chi connectivity index (χ3n) is 4.75. The molecule has 0 unspecified atom stereocenters. The highest BCUT2D eigenvalue weighted by molar-refractivity contribution is 5.90. The number of carbonyl (C=O) groups excluding carboxylic acids is 1. The van der Waals surface area contributed by atoms with E-state index in [1.165, 1.54) is 24.5 Å². The van der Waals surface area contributed by atoms with Crippen LogP contribution in [0.15, 0.2) is 41.0 Å². The summed E-state index contributed by atoms with van der Waals surface area (Å²) in [6, 6.07) is 7.01. The molecule has 1 saturated heterocycles. The Hall–Kier alpha value is -3.70. The minimum absolute atomic E-state index is 0.156. The van der Waals surface area contributed by atoms with Gasteiger partial charge in [-0.1, -0.05) is 6.07 Å². The number of halogens is 3. The van der Waals surface area contributed by atoms with Crippen LogP contribution >= 0.6 is 0 Å². The molecule has 32 heavy (non-hydrogen) atoms. The molecule has 170 valence electrons. The number of anilines is 2. The number of alkyl halides is 3. The first-order chi connectivity index (χ1) is 15.3. The molecule has 1 aromatic carbocycles. The van der Waals surface area contributed by atoms with Crippen LogP contribution in [0, 0.1) is 0 Å². The number of rotatable bonds is 5. The highest BCUT2D eigenvalue weighted by Crippen LogP contribution is 2.28. The van der Waals surface area contributed by atoms with Gasteiger partial charge in [-0.2, -0.15) is 4.98 Å². The number of nitrogens with one attached hydrogen (secondary N) is 1. The van der Waals surface area contributed by atoms with E-state index >= 15 is 0 Å². The fourth-order valence-corrected chi connectivity index (χ4v) is 3.32. The van der Waals surface area contributed by atoms with Crippen LogP contribution in [-0.2, 0) is 0 Å². The predicted molar refractivity (Wildman–Crippen MR) is 109 cm³/mol. The number of piperazine rings is 1. The van der Waals surface area contributed by atoms with E-state index in [2.05, 4.69) is 20.0 Å². The van der Waals surface area contributed by atoms with Crippen molar-refractivity contribution in [2.45, 2.75) is 13.3 Å². The molecule has 1 aliphatic heterocycles. The summed E-state index contributed by atoms with van der Waals surface area (Å²) < 4.78 is 52.1. The lowest BCUT2D eigenvalue weighted by Crippen LogP contribution is -2.50. The molecule has 1 N–H and O–H groups in total. The molecule has 2 amide bonds. The average Bonchev–Trinajstić information content (AvgIpc) is 3.20. The summed E-state index contributed by atoms with van der Waals surface area (Å²) >= 11 is 0. The minimum atomic E-state index is -4.75. The van der Waals surface area contributed by atoms with Crippen LogP contribution in [0.25, 0.3) is 11.2 Å². The number of benzene rings is 1. The molecule has 4 rings (SSSR count). The van der Waals surface area contributed by atoms with E-state index in [4.69, 9.17) is 9.15 Å². The minimum Gasteiger partial charge on any atom is -0.475 e. The first-order valence-electron chi connectivity index (χ1n) is 9.87. The lowest BCUT2D eigenvalue weighted by Gasteiger charge is -2.36. The zero-order valence-electron chi connectivity index (χ0n) is 17.1. The molecule has 2 aromatic heterocycles. The second-order valence-corrected chi connectivity index (χ2v) is 6.87. The molecule has 0 radical (unpaired) electrons. The van der Waals surface area contributed by atoms with Crippen LogP contribution < -0.4 is 19.7 Å². The molecule has 9 nitrogen and oxygen atoms in total. The summed E-state index contributed by atoms with van der Waals surface area (Å²) in [5.41, 5.74) is 1.37. The van der Waals surface area contributed by atoms with Gasteiger partial charge in [-0.25, -0.2) is 9.78 Å². The van der Waals surface area contributed by atoms with Crippen LogP contribution in [0.3, 0.4) is 0 Å². The standard InChI is InChI=1S/C20H20F3N5O4/c1-2-30-18-16(24-15-6-11-31-17(15)26-18)25-19(29)28-9-7-27(8-10-28)13-4-3-5-14(12-13)32-20(21,22)23/h3-6,11-12H,2,7-10H2,1H3,(H,24,25,29). The van der Waals surface area contributed by atoms with Crippen LogP contribution in [0.1, 0.15) is 6.92 Å². The highest BCUT2D eigenvalue weighted by Gasteiger charge is 2.31. The largest absolute Gasteiger partial charge is 0.573 e. The lowest BCUT2D eigenvalue weighted by atomic mass is 10.2. The summed E-state index contributed by atoms with van der Waals surface area (Å²) in [7, 11) is 0. The average molecular weight is 451 g/mol. The number of ether oxygens (including phenoxy) is 2. The van der Waals surface area contributed by atoms with Gasteiger partial charge in [0.05, 0.1) is 12.9 Å². The van der Waals surface area contributed by atoms with E-state index in [1.807, 2.05) is 4.90 Å². The van der Waals surface area contributed by atoms with Gasteiger partial charge in [0, 0.05) is 44.0 Å². The fraction of sp³-hybridized carbons (Fsp3) is 0.350. The maximum atomic E-state index is 12.8. The van der Waals surface area contributed by atoms with Crippen molar-refractivity contribution in [3.05, 3.63) is 36.6 Å². The summed E-state index contributed by atoms with van der Waals surface area (Å²) in [5.74, 6) is 0.0560. The summed E-state index contributed by atoms with van der Waals surface area (Å²) in [6.07, 6.45) is -3.31. The van der Waals surface area contributed by atoms with Crippen molar-refractivity contribution in [2.75, 3.05) is 43.0 Å². The number of urea groups is 1. The summed E-state index contributed by atoms with van der Waals surface area (Å²) in [4.78, 5) is 24.8. The van der Waals surface area contributed by atoms with Crippen molar-refractivity contribution in [2.24, 2.45) is 0 Å². The number of carbonyl (C=O) groups is 1. The van der Waals surface area contributed by atoms with Crippen LogP contribution in [0.4, 0.5) is 29.5 Å². The molecule has 0 saturated carbocycles.